The van der Waals surface area contributed by atoms with Gasteiger partial charge in [-0.1, -0.05) is 84.0 Å². The third kappa shape index (κ3) is 11.5. The van der Waals surface area contributed by atoms with Crippen molar-refractivity contribution in [2.24, 2.45) is 0 Å². The number of aryl methyl sites for hydroxylation is 1. The summed E-state index contributed by atoms with van der Waals surface area (Å²) in [5.74, 6) is 0. The predicted molar refractivity (Wildman–Crippen MR) is 136 cm³/mol. The highest BCUT2D eigenvalue weighted by atomic mass is 32.1. The molecule has 0 bridgehead atoms. The molecule has 0 spiro atoms. The molecule has 0 atom stereocenters. The van der Waals surface area contributed by atoms with E-state index >= 15 is 0 Å². The summed E-state index contributed by atoms with van der Waals surface area (Å²) in [7, 11) is 0. The van der Waals surface area contributed by atoms with Crippen molar-refractivity contribution in [2.45, 2.75) is 122 Å². The fourth-order valence-corrected chi connectivity index (χ4v) is 5.06. The molecule has 1 aromatic rings. The first-order valence-corrected chi connectivity index (χ1v) is 13.7. The molecule has 4 nitrogen and oxygen atoms in total. The molecule has 1 fully saturated rings. The van der Waals surface area contributed by atoms with Gasteiger partial charge in [0.25, 0.3) is 5.56 Å². The van der Waals surface area contributed by atoms with E-state index in [1.807, 2.05) is 0 Å². The third-order valence-electron chi connectivity index (χ3n) is 6.76. The molecule has 1 aliphatic rings. The van der Waals surface area contributed by atoms with Crippen molar-refractivity contribution < 1.29 is 0 Å². The summed E-state index contributed by atoms with van der Waals surface area (Å²) in [5, 5.41) is 0. The number of piperidine rings is 1. The van der Waals surface area contributed by atoms with Crippen LogP contribution in [-0.2, 0) is 12.8 Å². The fourth-order valence-electron chi connectivity index (χ4n) is 4.84. The highest BCUT2D eigenvalue weighted by Crippen LogP contribution is 2.15. The molecule has 178 valence electrons. The molecule has 31 heavy (non-hydrogen) atoms. The van der Waals surface area contributed by atoms with E-state index in [4.69, 9.17) is 12.2 Å². The molecule has 0 radical (unpaired) electrons. The van der Waals surface area contributed by atoms with Gasteiger partial charge in [-0.2, -0.15) is 0 Å². The average Bonchev–Trinajstić information content (AvgIpc) is 2.76. The van der Waals surface area contributed by atoms with Crippen LogP contribution in [0.2, 0.25) is 0 Å². The Balaban J connectivity index is 1.62. The molecule has 0 aliphatic carbocycles. The Morgan fingerprint density at radius 3 is 1.94 bits per heavy atom. The van der Waals surface area contributed by atoms with E-state index in [2.05, 4.69) is 21.8 Å². The van der Waals surface area contributed by atoms with Crippen LogP contribution in [0, 0.1) is 4.77 Å². The molecular weight excluding hydrogens is 402 g/mol. The number of aromatic amines is 2. The minimum Gasteiger partial charge on any atom is -0.336 e. The summed E-state index contributed by atoms with van der Waals surface area (Å²) in [4.78, 5) is 21.2. The molecule has 5 heteroatoms. The summed E-state index contributed by atoms with van der Waals surface area (Å²) in [6.07, 6.45) is 23.0. The Bertz CT molecular complexity index is 691. The van der Waals surface area contributed by atoms with Gasteiger partial charge >= 0.3 is 0 Å². The maximum Gasteiger partial charge on any atom is 0.255 e. The third-order valence-corrected chi connectivity index (χ3v) is 6.96. The number of aromatic nitrogens is 2. The molecule has 0 saturated carbocycles. The topological polar surface area (TPSA) is 51.9 Å². The van der Waals surface area contributed by atoms with Crippen LogP contribution in [0.3, 0.4) is 0 Å². The molecule has 1 aliphatic heterocycles. The van der Waals surface area contributed by atoms with Gasteiger partial charge in [0.05, 0.1) is 0 Å². The lowest BCUT2D eigenvalue weighted by Crippen LogP contribution is -2.31. The first-order chi connectivity index (χ1) is 15.2. The van der Waals surface area contributed by atoms with Crippen molar-refractivity contribution in [2.75, 3.05) is 19.6 Å². The van der Waals surface area contributed by atoms with Crippen molar-refractivity contribution in [3.63, 3.8) is 0 Å². The molecule has 0 amide bonds. The van der Waals surface area contributed by atoms with E-state index in [0.717, 1.165) is 43.5 Å². The maximum atomic E-state index is 12.5. The lowest BCUT2D eigenvalue weighted by molar-refractivity contribution is 0.226. The van der Waals surface area contributed by atoms with Crippen LogP contribution in [0.15, 0.2) is 4.79 Å². The maximum absolute atomic E-state index is 12.5. The van der Waals surface area contributed by atoms with Crippen molar-refractivity contribution in [1.29, 1.82) is 0 Å². The second-order valence-electron chi connectivity index (χ2n) is 9.51. The Morgan fingerprint density at radius 1 is 0.742 bits per heavy atom. The van der Waals surface area contributed by atoms with Crippen LogP contribution >= 0.6 is 12.2 Å². The average molecular weight is 450 g/mol. The molecular formula is C26H47N3OS. The molecule has 2 rings (SSSR count). The van der Waals surface area contributed by atoms with E-state index in [0.29, 0.717) is 4.77 Å². The lowest BCUT2D eigenvalue weighted by Gasteiger charge is -2.26. The SMILES string of the molecule is CCCCCCCCCCCCCCc1c(CCCN2CCCCC2)[nH]c(=S)[nH]c1=O. The summed E-state index contributed by atoms with van der Waals surface area (Å²) >= 11 is 5.23. The predicted octanol–water partition coefficient (Wildman–Crippen LogP) is 7.09. The zero-order chi connectivity index (χ0) is 22.2. The normalized spacial score (nSPS) is 14.9. The van der Waals surface area contributed by atoms with Gasteiger partial charge < -0.3 is 9.88 Å². The number of nitrogens with one attached hydrogen (secondary N) is 2. The van der Waals surface area contributed by atoms with Crippen LogP contribution in [-0.4, -0.2) is 34.5 Å². The number of rotatable bonds is 17. The molecule has 0 unspecified atom stereocenters. The van der Waals surface area contributed by atoms with Gasteiger partial charge in [0.2, 0.25) is 0 Å². The standard InChI is InChI=1S/C26H47N3OS/c1-2-3-4-5-6-7-8-9-10-11-12-14-18-23-24(27-26(31)28-25(23)30)19-17-22-29-20-15-13-16-21-29/h2-22H2,1H3,(H2,27,28,30,31). The molecule has 1 aromatic heterocycles. The monoisotopic (exact) mass is 449 g/mol. The van der Waals surface area contributed by atoms with Crippen LogP contribution in [0.5, 0.6) is 0 Å². The number of nitrogens with zero attached hydrogens (tertiary/aromatic N) is 1. The minimum atomic E-state index is 0.0276. The minimum absolute atomic E-state index is 0.0276. The van der Waals surface area contributed by atoms with E-state index < -0.39 is 0 Å². The molecule has 0 aromatic carbocycles. The van der Waals surface area contributed by atoms with Gasteiger partial charge in [-0.25, -0.2) is 0 Å². The van der Waals surface area contributed by atoms with E-state index in [1.54, 1.807) is 0 Å². The van der Waals surface area contributed by atoms with Gasteiger partial charge in [-0.3, -0.25) is 9.78 Å². The summed E-state index contributed by atoms with van der Waals surface area (Å²) in [6, 6.07) is 0. The van der Waals surface area contributed by atoms with Crippen LogP contribution in [0.4, 0.5) is 0 Å². The largest absolute Gasteiger partial charge is 0.336 e. The number of H-pyrrole nitrogens is 2. The Morgan fingerprint density at radius 2 is 1.32 bits per heavy atom. The van der Waals surface area contributed by atoms with E-state index in [9.17, 15) is 4.79 Å². The lowest BCUT2D eigenvalue weighted by atomic mass is 10.0. The van der Waals surface area contributed by atoms with Crippen molar-refractivity contribution in [3.8, 4) is 0 Å². The van der Waals surface area contributed by atoms with Gasteiger partial charge in [0.1, 0.15) is 0 Å². The van der Waals surface area contributed by atoms with Gasteiger partial charge in [-0.05, 0) is 70.4 Å². The highest BCUT2D eigenvalue weighted by molar-refractivity contribution is 7.71. The van der Waals surface area contributed by atoms with Crippen molar-refractivity contribution >= 4 is 12.2 Å². The van der Waals surface area contributed by atoms with Gasteiger partial charge in [-0.15, -0.1) is 0 Å². The van der Waals surface area contributed by atoms with Crippen LogP contribution < -0.4 is 5.56 Å². The van der Waals surface area contributed by atoms with Gasteiger partial charge in [0, 0.05) is 11.3 Å². The van der Waals surface area contributed by atoms with E-state index in [1.165, 1.54) is 103 Å². The number of hydrogen-bond donors (Lipinski definition) is 2. The Labute approximate surface area is 195 Å². The van der Waals surface area contributed by atoms with Crippen LogP contribution in [0.1, 0.15) is 121 Å². The highest BCUT2D eigenvalue weighted by Gasteiger charge is 2.12. The smallest absolute Gasteiger partial charge is 0.255 e. The van der Waals surface area contributed by atoms with Crippen molar-refractivity contribution in [1.82, 2.24) is 14.9 Å². The number of hydrogen-bond acceptors (Lipinski definition) is 3. The van der Waals surface area contributed by atoms with Gasteiger partial charge in [0.15, 0.2) is 4.77 Å². The Kier molecular flexibility index (Phi) is 14.1. The van der Waals surface area contributed by atoms with E-state index in [-0.39, 0.29) is 5.56 Å². The molecule has 2 N–H and O–H groups in total. The first-order valence-electron chi connectivity index (χ1n) is 13.3. The van der Waals surface area contributed by atoms with Crippen molar-refractivity contribution in [3.05, 3.63) is 26.4 Å². The van der Waals surface area contributed by atoms with Crippen LogP contribution in [0.25, 0.3) is 0 Å². The second-order valence-corrected chi connectivity index (χ2v) is 9.92. The summed E-state index contributed by atoms with van der Waals surface area (Å²) < 4.78 is 0.469. The summed E-state index contributed by atoms with van der Waals surface area (Å²) in [5.41, 5.74) is 2.05. The fraction of sp³-hybridized carbons (Fsp3) is 0.846. The zero-order valence-electron chi connectivity index (χ0n) is 20.1. The number of unbranched alkanes of at least 4 members (excludes halogenated alkanes) is 11. The molecule has 1 saturated heterocycles. The first kappa shape index (κ1) is 26.3. The summed E-state index contributed by atoms with van der Waals surface area (Å²) in [6.45, 7) is 5.87. The number of likely N-dealkylation sites (tertiary alicyclic amines) is 1. The molecule has 2 heterocycles. The Hall–Kier alpha value is -0.940. The quantitative estimate of drug-likeness (QED) is 0.197. The second kappa shape index (κ2) is 16.7. The zero-order valence-corrected chi connectivity index (χ0v) is 20.9.